The van der Waals surface area contributed by atoms with E-state index in [1.54, 1.807) is 4.90 Å². The van der Waals surface area contributed by atoms with Crippen molar-refractivity contribution in [1.82, 2.24) is 14.9 Å². The molecule has 0 spiro atoms. The highest BCUT2D eigenvalue weighted by Gasteiger charge is 2.22. The highest BCUT2D eigenvalue weighted by molar-refractivity contribution is 5.94. The minimum atomic E-state index is -2.90. The molecule has 0 radical (unpaired) electrons. The summed E-state index contributed by atoms with van der Waals surface area (Å²) in [7, 11) is 0. The van der Waals surface area contributed by atoms with Gasteiger partial charge in [0.05, 0.1) is 17.6 Å². The third-order valence-electron chi connectivity index (χ3n) is 5.59. The summed E-state index contributed by atoms with van der Waals surface area (Å²) in [5.41, 5.74) is 5.20. The molecule has 1 amide bonds. The zero-order valence-electron chi connectivity index (χ0n) is 17.8. The van der Waals surface area contributed by atoms with Gasteiger partial charge in [-0.05, 0) is 66.6 Å². The Balaban J connectivity index is 1.39. The first-order chi connectivity index (χ1) is 16.0. The van der Waals surface area contributed by atoms with Crippen LogP contribution in [0.5, 0.6) is 11.5 Å². The summed E-state index contributed by atoms with van der Waals surface area (Å²) in [5.74, 6) is 1.42. The van der Waals surface area contributed by atoms with E-state index in [1.807, 2.05) is 43.3 Å². The van der Waals surface area contributed by atoms with Gasteiger partial charge in [-0.3, -0.25) is 4.79 Å². The smallest absolute Gasteiger partial charge is 0.387 e. The number of imidazole rings is 1. The molecule has 2 heterocycles. The van der Waals surface area contributed by atoms with Gasteiger partial charge in [-0.1, -0.05) is 12.1 Å². The van der Waals surface area contributed by atoms with Gasteiger partial charge < -0.3 is 19.4 Å². The molecule has 8 heteroatoms. The van der Waals surface area contributed by atoms with E-state index in [0.29, 0.717) is 25.3 Å². The maximum atomic E-state index is 13.1. The van der Waals surface area contributed by atoms with Crippen molar-refractivity contribution in [2.75, 3.05) is 13.2 Å². The average molecular weight is 449 g/mol. The highest BCUT2D eigenvalue weighted by atomic mass is 19.3. The van der Waals surface area contributed by atoms with Crippen LogP contribution >= 0.6 is 0 Å². The molecule has 0 bridgehead atoms. The number of carbonyl (C=O) groups is 1. The van der Waals surface area contributed by atoms with Crippen LogP contribution in [0.2, 0.25) is 0 Å². The minimum absolute atomic E-state index is 0.0137. The average Bonchev–Trinajstić information content (AvgIpc) is 3.04. The van der Waals surface area contributed by atoms with Crippen LogP contribution < -0.4 is 9.47 Å². The van der Waals surface area contributed by atoms with E-state index in [2.05, 4.69) is 14.7 Å². The van der Waals surface area contributed by atoms with Crippen LogP contribution in [0.4, 0.5) is 8.78 Å². The van der Waals surface area contributed by atoms with E-state index >= 15 is 0 Å². The number of hydrogen-bond donors (Lipinski definition) is 1. The lowest BCUT2D eigenvalue weighted by Crippen LogP contribution is -2.32. The number of aryl methyl sites for hydroxylation is 1. The van der Waals surface area contributed by atoms with Gasteiger partial charge in [0.15, 0.2) is 0 Å². The van der Waals surface area contributed by atoms with Crippen molar-refractivity contribution in [3.8, 4) is 22.6 Å². The predicted molar refractivity (Wildman–Crippen MR) is 120 cm³/mol. The van der Waals surface area contributed by atoms with Gasteiger partial charge in [0.1, 0.15) is 23.9 Å². The molecule has 0 saturated heterocycles. The molecule has 6 nitrogen and oxygen atoms in total. The first-order valence-corrected chi connectivity index (χ1v) is 10.5. The maximum Gasteiger partial charge on any atom is 0.387 e. The third-order valence-corrected chi connectivity index (χ3v) is 5.59. The van der Waals surface area contributed by atoms with Crippen molar-refractivity contribution in [3.05, 3.63) is 77.6 Å². The molecule has 0 unspecified atom stereocenters. The largest absolute Gasteiger partial charge is 0.491 e. The van der Waals surface area contributed by atoms with Crippen molar-refractivity contribution in [2.24, 2.45) is 0 Å². The highest BCUT2D eigenvalue weighted by Crippen LogP contribution is 2.31. The third kappa shape index (κ3) is 4.37. The Labute approximate surface area is 188 Å². The summed E-state index contributed by atoms with van der Waals surface area (Å²) in [6.07, 6.45) is 0. The van der Waals surface area contributed by atoms with Gasteiger partial charge in [0, 0.05) is 17.7 Å². The number of fused-ring (bicyclic) bond motifs is 2. The first kappa shape index (κ1) is 20.9. The molecule has 168 valence electrons. The van der Waals surface area contributed by atoms with Crippen molar-refractivity contribution >= 4 is 16.9 Å². The Hall–Kier alpha value is -3.94. The van der Waals surface area contributed by atoms with Crippen LogP contribution in [0.3, 0.4) is 0 Å². The standard InChI is InChI=1S/C25H21F2N3O3/c1-15-28-21-8-4-18(13-22(21)29-15)17-5-9-23-19(12-17)14-30(10-11-32-23)24(31)16-2-6-20(7-3-16)33-25(26)27/h2-9,12-13,25H,10-11,14H2,1H3,(H,28,29). The monoisotopic (exact) mass is 449 g/mol. The molecule has 1 aliphatic rings. The second kappa shape index (κ2) is 8.54. The van der Waals surface area contributed by atoms with E-state index < -0.39 is 6.61 Å². The van der Waals surface area contributed by atoms with Crippen LogP contribution in [0.15, 0.2) is 60.7 Å². The molecule has 0 atom stereocenters. The van der Waals surface area contributed by atoms with Crippen LogP contribution in [0.25, 0.3) is 22.2 Å². The number of carbonyl (C=O) groups excluding carboxylic acids is 1. The van der Waals surface area contributed by atoms with E-state index in [1.165, 1.54) is 24.3 Å². The number of amides is 1. The minimum Gasteiger partial charge on any atom is -0.491 e. The number of nitrogens with one attached hydrogen (secondary N) is 1. The molecule has 4 aromatic rings. The van der Waals surface area contributed by atoms with Gasteiger partial charge in [-0.2, -0.15) is 8.78 Å². The predicted octanol–water partition coefficient (Wildman–Crippen LogP) is 5.17. The molecular weight excluding hydrogens is 428 g/mol. The summed E-state index contributed by atoms with van der Waals surface area (Å²) < 4.78 is 35.0. The second-order valence-electron chi connectivity index (χ2n) is 7.85. The van der Waals surface area contributed by atoms with E-state index in [-0.39, 0.29) is 11.7 Å². The molecule has 1 aliphatic heterocycles. The lowest BCUT2D eigenvalue weighted by atomic mass is 10.0. The number of alkyl halides is 2. The fourth-order valence-electron chi connectivity index (χ4n) is 4.02. The topological polar surface area (TPSA) is 67.5 Å². The number of H-pyrrole nitrogens is 1. The van der Waals surface area contributed by atoms with Crippen molar-refractivity contribution < 1.29 is 23.0 Å². The zero-order chi connectivity index (χ0) is 22.9. The van der Waals surface area contributed by atoms with Crippen molar-refractivity contribution in [2.45, 2.75) is 20.1 Å². The quantitative estimate of drug-likeness (QED) is 0.467. The van der Waals surface area contributed by atoms with Gasteiger partial charge in [-0.15, -0.1) is 0 Å². The summed E-state index contributed by atoms with van der Waals surface area (Å²) in [5, 5.41) is 0. The number of ether oxygens (including phenoxy) is 2. The molecule has 0 saturated carbocycles. The number of rotatable bonds is 4. The lowest BCUT2D eigenvalue weighted by molar-refractivity contribution is -0.0498. The Morgan fingerprint density at radius 3 is 2.64 bits per heavy atom. The van der Waals surface area contributed by atoms with E-state index in [0.717, 1.165) is 39.3 Å². The Morgan fingerprint density at radius 2 is 1.85 bits per heavy atom. The van der Waals surface area contributed by atoms with Crippen molar-refractivity contribution in [3.63, 3.8) is 0 Å². The van der Waals surface area contributed by atoms with E-state index in [4.69, 9.17) is 4.74 Å². The molecule has 1 N–H and O–H groups in total. The molecular formula is C25H21F2N3O3. The fourth-order valence-corrected chi connectivity index (χ4v) is 4.02. The number of benzene rings is 3. The zero-order valence-corrected chi connectivity index (χ0v) is 17.8. The summed E-state index contributed by atoms with van der Waals surface area (Å²) >= 11 is 0. The lowest BCUT2D eigenvalue weighted by Gasteiger charge is -2.20. The molecule has 1 aromatic heterocycles. The van der Waals surface area contributed by atoms with Gasteiger partial charge in [0.25, 0.3) is 5.91 Å². The SMILES string of the molecule is Cc1nc2cc(-c3ccc4c(c3)CN(C(=O)c3ccc(OC(F)F)cc3)CCO4)ccc2[nH]1. The molecule has 3 aromatic carbocycles. The number of hydrogen-bond acceptors (Lipinski definition) is 4. The van der Waals surface area contributed by atoms with E-state index in [9.17, 15) is 13.6 Å². The van der Waals surface area contributed by atoms with Gasteiger partial charge in [-0.25, -0.2) is 4.98 Å². The first-order valence-electron chi connectivity index (χ1n) is 10.5. The molecule has 0 aliphatic carbocycles. The van der Waals surface area contributed by atoms with Crippen LogP contribution in [-0.2, 0) is 6.54 Å². The summed E-state index contributed by atoms with van der Waals surface area (Å²) in [4.78, 5) is 22.5. The van der Waals surface area contributed by atoms with Gasteiger partial charge in [0.2, 0.25) is 0 Å². The molecule has 5 rings (SSSR count). The number of halogens is 2. The van der Waals surface area contributed by atoms with Crippen LogP contribution in [0, 0.1) is 6.92 Å². The van der Waals surface area contributed by atoms with Crippen LogP contribution in [-0.4, -0.2) is 40.5 Å². The summed E-state index contributed by atoms with van der Waals surface area (Å²) in [6.45, 7) is 0.170. The maximum absolute atomic E-state index is 13.1. The molecule has 33 heavy (non-hydrogen) atoms. The Kier molecular flexibility index (Phi) is 5.42. The number of nitrogens with zero attached hydrogens (tertiary/aromatic N) is 2. The Morgan fingerprint density at radius 1 is 1.09 bits per heavy atom. The summed E-state index contributed by atoms with van der Waals surface area (Å²) in [6, 6.07) is 17.7. The number of aromatic nitrogens is 2. The van der Waals surface area contributed by atoms with Crippen molar-refractivity contribution in [1.29, 1.82) is 0 Å². The second-order valence-corrected chi connectivity index (χ2v) is 7.85. The number of aromatic amines is 1. The Bertz CT molecular complexity index is 1320. The van der Waals surface area contributed by atoms with Crippen LogP contribution in [0.1, 0.15) is 21.7 Å². The molecule has 0 fully saturated rings. The fraction of sp³-hybridized carbons (Fsp3) is 0.200. The van der Waals surface area contributed by atoms with Gasteiger partial charge >= 0.3 is 6.61 Å². The normalized spacial score (nSPS) is 13.5.